The highest BCUT2D eigenvalue weighted by Gasteiger charge is 2.18. The molecule has 176 valence electrons. The molecule has 36 heavy (non-hydrogen) atoms. The van der Waals surface area contributed by atoms with Crippen LogP contribution in [0.1, 0.15) is 31.3 Å². The monoisotopic (exact) mass is 471 g/mol. The maximum absolute atomic E-state index is 4.98. The molecule has 0 aliphatic heterocycles. The van der Waals surface area contributed by atoms with Crippen molar-refractivity contribution in [1.82, 2.24) is 34.1 Å². The van der Waals surface area contributed by atoms with Crippen LogP contribution >= 0.6 is 0 Å². The third-order valence-electron chi connectivity index (χ3n) is 6.15. The number of pyridine rings is 3. The van der Waals surface area contributed by atoms with E-state index in [4.69, 9.17) is 9.97 Å². The molecule has 0 radical (unpaired) electrons. The Morgan fingerprint density at radius 3 is 2.25 bits per heavy atom. The minimum atomic E-state index is 0.257. The maximum atomic E-state index is 4.98. The predicted molar refractivity (Wildman–Crippen MR) is 141 cm³/mol. The molecule has 0 amide bonds. The van der Waals surface area contributed by atoms with Crippen LogP contribution in [0.4, 0.5) is 0 Å². The van der Waals surface area contributed by atoms with Crippen LogP contribution in [-0.4, -0.2) is 34.1 Å². The van der Waals surface area contributed by atoms with Gasteiger partial charge in [-0.15, -0.1) is 0 Å². The Hall–Kier alpha value is -4.65. The van der Waals surface area contributed by atoms with Gasteiger partial charge in [0.15, 0.2) is 5.65 Å². The Balaban J connectivity index is 1.47. The summed E-state index contributed by atoms with van der Waals surface area (Å²) in [6.45, 7) is 6.28. The average molecular weight is 472 g/mol. The van der Waals surface area contributed by atoms with Gasteiger partial charge in [-0.05, 0) is 67.6 Å². The van der Waals surface area contributed by atoms with Crippen molar-refractivity contribution in [1.29, 1.82) is 0 Å². The van der Waals surface area contributed by atoms with Crippen molar-refractivity contribution in [2.45, 2.75) is 26.7 Å². The summed E-state index contributed by atoms with van der Waals surface area (Å²) in [5.41, 5.74) is 7.31. The quantitative estimate of drug-likeness (QED) is 0.301. The lowest BCUT2D eigenvalue weighted by Crippen LogP contribution is -2.04. The Morgan fingerprint density at radius 2 is 1.53 bits per heavy atom. The van der Waals surface area contributed by atoms with Crippen LogP contribution in [0.3, 0.4) is 0 Å². The topological polar surface area (TPSA) is 74.3 Å². The standard InChI is InChI=1S/C29H25N7/c1-19(2)27-33-25-8-6-16-31-29(25)36(27)22-13-10-21(11-14-22)28-34-26(24-7-4-5-15-30-24)18-35(28)23-12-9-20(3)32-17-23/h4-19H,1-3H3. The molecule has 0 atom stereocenters. The molecule has 5 aromatic heterocycles. The second-order valence-electron chi connectivity index (χ2n) is 9.05. The first-order valence-electron chi connectivity index (χ1n) is 12.0. The van der Waals surface area contributed by atoms with Gasteiger partial charge in [-0.3, -0.25) is 19.1 Å². The molecule has 7 heteroatoms. The highest BCUT2D eigenvalue weighted by Crippen LogP contribution is 2.30. The Morgan fingerprint density at radius 1 is 0.722 bits per heavy atom. The molecule has 6 aromatic rings. The molecular weight excluding hydrogens is 446 g/mol. The number of hydrogen-bond acceptors (Lipinski definition) is 5. The van der Waals surface area contributed by atoms with Gasteiger partial charge in [0.1, 0.15) is 22.9 Å². The summed E-state index contributed by atoms with van der Waals surface area (Å²) in [7, 11) is 0. The van der Waals surface area contributed by atoms with E-state index in [9.17, 15) is 0 Å². The predicted octanol–water partition coefficient (Wildman–Crippen LogP) is 6.16. The van der Waals surface area contributed by atoms with Crippen LogP contribution in [0.15, 0.2) is 91.5 Å². The smallest absolute Gasteiger partial charge is 0.164 e. The van der Waals surface area contributed by atoms with Gasteiger partial charge in [-0.25, -0.2) is 15.0 Å². The summed E-state index contributed by atoms with van der Waals surface area (Å²) in [5.74, 6) is 2.07. The second kappa shape index (κ2) is 8.85. The van der Waals surface area contributed by atoms with Crippen LogP contribution in [0.25, 0.3) is 45.3 Å². The van der Waals surface area contributed by atoms with Gasteiger partial charge in [-0.2, -0.15) is 0 Å². The summed E-state index contributed by atoms with van der Waals surface area (Å²) < 4.78 is 4.21. The van der Waals surface area contributed by atoms with Gasteiger partial charge in [0.25, 0.3) is 0 Å². The first kappa shape index (κ1) is 21.9. The fraction of sp³-hybridized carbons (Fsp3) is 0.138. The van der Waals surface area contributed by atoms with Crippen molar-refractivity contribution in [3.05, 3.63) is 103 Å². The van der Waals surface area contributed by atoms with E-state index in [-0.39, 0.29) is 5.92 Å². The van der Waals surface area contributed by atoms with Crippen LogP contribution in [0, 0.1) is 6.92 Å². The third kappa shape index (κ3) is 3.84. The van der Waals surface area contributed by atoms with Gasteiger partial charge >= 0.3 is 0 Å². The number of hydrogen-bond donors (Lipinski definition) is 0. The summed E-state index contributed by atoms with van der Waals surface area (Å²) in [4.78, 5) is 23.4. The van der Waals surface area contributed by atoms with Crippen LogP contribution in [0.2, 0.25) is 0 Å². The van der Waals surface area contributed by atoms with Crippen molar-refractivity contribution in [3.8, 4) is 34.2 Å². The molecule has 7 nitrogen and oxygen atoms in total. The highest BCUT2D eigenvalue weighted by atomic mass is 15.1. The lowest BCUT2D eigenvalue weighted by Gasteiger charge is -2.12. The van der Waals surface area contributed by atoms with Gasteiger partial charge in [0.2, 0.25) is 0 Å². The van der Waals surface area contributed by atoms with Gasteiger partial charge in [0, 0.05) is 41.5 Å². The SMILES string of the molecule is Cc1ccc(-n2cc(-c3ccccn3)nc2-c2ccc(-n3c(C(C)C)nc4cccnc43)cc2)cn1. The van der Waals surface area contributed by atoms with E-state index < -0.39 is 0 Å². The van der Waals surface area contributed by atoms with Crippen LogP contribution in [0.5, 0.6) is 0 Å². The summed E-state index contributed by atoms with van der Waals surface area (Å²) in [6, 6.07) is 22.2. The fourth-order valence-electron chi connectivity index (χ4n) is 4.35. The van der Waals surface area contributed by atoms with E-state index in [1.165, 1.54) is 0 Å². The van der Waals surface area contributed by atoms with Crippen molar-refractivity contribution in [2.75, 3.05) is 0 Å². The second-order valence-corrected chi connectivity index (χ2v) is 9.05. The Bertz CT molecular complexity index is 1640. The maximum Gasteiger partial charge on any atom is 0.164 e. The average Bonchev–Trinajstić information content (AvgIpc) is 3.53. The summed E-state index contributed by atoms with van der Waals surface area (Å²) in [5, 5.41) is 0. The number of aromatic nitrogens is 7. The first-order valence-corrected chi connectivity index (χ1v) is 12.0. The number of benzene rings is 1. The summed E-state index contributed by atoms with van der Waals surface area (Å²) in [6.07, 6.45) is 7.48. The van der Waals surface area contributed by atoms with E-state index in [0.717, 1.165) is 56.8 Å². The number of aryl methyl sites for hydroxylation is 1. The lowest BCUT2D eigenvalue weighted by atomic mass is 10.1. The number of rotatable bonds is 5. The minimum Gasteiger partial charge on any atom is -0.298 e. The Kier molecular flexibility index (Phi) is 5.37. The molecule has 0 saturated carbocycles. The molecule has 0 spiro atoms. The molecule has 5 heterocycles. The number of nitrogens with zero attached hydrogens (tertiary/aromatic N) is 7. The van der Waals surface area contributed by atoms with E-state index in [2.05, 4.69) is 68.3 Å². The molecule has 0 N–H and O–H groups in total. The number of imidazole rings is 2. The van der Waals surface area contributed by atoms with Gasteiger partial charge < -0.3 is 0 Å². The third-order valence-corrected chi connectivity index (χ3v) is 6.15. The van der Waals surface area contributed by atoms with E-state index in [1.807, 2.05) is 61.9 Å². The highest BCUT2D eigenvalue weighted by molar-refractivity contribution is 5.74. The lowest BCUT2D eigenvalue weighted by molar-refractivity contribution is 0.757. The molecule has 0 unspecified atom stereocenters. The molecule has 0 aliphatic carbocycles. The van der Waals surface area contributed by atoms with Crippen molar-refractivity contribution < 1.29 is 0 Å². The molecule has 0 saturated heterocycles. The van der Waals surface area contributed by atoms with Crippen LogP contribution in [-0.2, 0) is 0 Å². The molecular formula is C29H25N7. The fourth-order valence-corrected chi connectivity index (χ4v) is 4.35. The van der Waals surface area contributed by atoms with Gasteiger partial charge in [0.05, 0.1) is 17.6 Å². The first-order chi connectivity index (χ1) is 17.6. The minimum absolute atomic E-state index is 0.257. The molecule has 0 bridgehead atoms. The normalized spacial score (nSPS) is 11.4. The zero-order valence-corrected chi connectivity index (χ0v) is 20.4. The number of fused-ring (bicyclic) bond motifs is 1. The molecule has 1 aromatic carbocycles. The van der Waals surface area contributed by atoms with E-state index in [0.29, 0.717) is 0 Å². The molecule has 0 fully saturated rings. The van der Waals surface area contributed by atoms with E-state index >= 15 is 0 Å². The van der Waals surface area contributed by atoms with Crippen molar-refractivity contribution >= 4 is 11.2 Å². The largest absolute Gasteiger partial charge is 0.298 e. The van der Waals surface area contributed by atoms with Crippen LogP contribution < -0.4 is 0 Å². The van der Waals surface area contributed by atoms with E-state index in [1.54, 1.807) is 6.20 Å². The zero-order valence-electron chi connectivity index (χ0n) is 20.4. The van der Waals surface area contributed by atoms with Gasteiger partial charge in [-0.1, -0.05) is 19.9 Å². The zero-order chi connectivity index (χ0) is 24.6. The molecule has 6 rings (SSSR count). The van der Waals surface area contributed by atoms with Crippen molar-refractivity contribution in [2.24, 2.45) is 0 Å². The molecule has 0 aliphatic rings. The van der Waals surface area contributed by atoms with Crippen molar-refractivity contribution in [3.63, 3.8) is 0 Å². The summed E-state index contributed by atoms with van der Waals surface area (Å²) >= 11 is 0. The Labute approximate surface area is 209 Å².